The summed E-state index contributed by atoms with van der Waals surface area (Å²) in [6.07, 6.45) is 1.91. The summed E-state index contributed by atoms with van der Waals surface area (Å²) in [5.41, 5.74) is 2.87. The van der Waals surface area contributed by atoms with Crippen molar-refractivity contribution in [3.05, 3.63) is 44.7 Å². The smallest absolute Gasteiger partial charge is 0.267 e. The van der Waals surface area contributed by atoms with Gasteiger partial charge in [0.1, 0.15) is 0 Å². The first-order valence-electron chi connectivity index (χ1n) is 6.32. The van der Waals surface area contributed by atoms with Gasteiger partial charge in [0.25, 0.3) is 5.56 Å². The molecule has 1 aromatic carbocycles. The Morgan fingerprint density at radius 2 is 1.95 bits per heavy atom. The number of aromatic nitrogens is 2. The van der Waals surface area contributed by atoms with Crippen molar-refractivity contribution < 1.29 is 4.74 Å². The minimum absolute atomic E-state index is 0.148. The number of nitrogens with zero attached hydrogens (tertiary/aromatic N) is 2. The highest BCUT2D eigenvalue weighted by Gasteiger charge is 2.26. The van der Waals surface area contributed by atoms with Crippen LogP contribution in [-0.4, -0.2) is 9.78 Å². The first kappa shape index (κ1) is 14.2. The van der Waals surface area contributed by atoms with Gasteiger partial charge in [0.2, 0.25) is 5.88 Å². The van der Waals surface area contributed by atoms with Gasteiger partial charge in [0, 0.05) is 12.1 Å². The molecule has 1 aliphatic rings. The molecule has 0 atom stereocenters. The van der Waals surface area contributed by atoms with Crippen molar-refractivity contribution in [2.45, 2.75) is 18.9 Å². The van der Waals surface area contributed by atoms with Crippen LogP contribution in [0.15, 0.2) is 29.1 Å². The van der Waals surface area contributed by atoms with Crippen LogP contribution in [0, 0.1) is 0 Å². The van der Waals surface area contributed by atoms with Gasteiger partial charge in [0.05, 0.1) is 21.8 Å². The summed E-state index contributed by atoms with van der Waals surface area (Å²) in [6.45, 7) is 0. The van der Waals surface area contributed by atoms with E-state index in [1.165, 1.54) is 16.8 Å². The lowest BCUT2D eigenvalue weighted by atomic mass is 10.3. The van der Waals surface area contributed by atoms with Crippen LogP contribution in [0.2, 0.25) is 10.0 Å². The Balaban J connectivity index is 1.93. The maximum absolute atomic E-state index is 11.7. The van der Waals surface area contributed by atoms with Gasteiger partial charge in [-0.25, -0.2) is 4.68 Å². The molecule has 2 aromatic rings. The number of nitrogen functional groups attached to an aromatic ring is 1. The number of nitrogens with one attached hydrogen (secondary N) is 1. The zero-order chi connectivity index (χ0) is 15.0. The summed E-state index contributed by atoms with van der Waals surface area (Å²) in [4.78, 5) is 11.7. The minimum atomic E-state index is -0.148. The molecule has 1 aromatic heterocycles. The molecule has 0 bridgehead atoms. The maximum atomic E-state index is 11.7. The summed E-state index contributed by atoms with van der Waals surface area (Å²) in [7, 11) is 0. The summed E-state index contributed by atoms with van der Waals surface area (Å²) in [5, 5.41) is 4.76. The molecule has 0 unspecified atom stereocenters. The first-order chi connectivity index (χ1) is 10.1. The van der Waals surface area contributed by atoms with Gasteiger partial charge in [-0.2, -0.15) is 0 Å². The molecule has 21 heavy (non-hydrogen) atoms. The van der Waals surface area contributed by atoms with E-state index < -0.39 is 0 Å². The number of hydrazine groups is 1. The SMILES string of the molecule is NNc1cc(Cl)c(Oc2ccc(=O)n(C3CC3)n2)c(Cl)c1. The topological polar surface area (TPSA) is 82.2 Å². The standard InChI is InChI=1S/C13H12Cl2N4O2/c14-9-5-7(17-16)6-10(15)13(9)21-11-3-4-12(20)19(18-11)8-1-2-8/h3-6,8,17H,1-2,16H2. The van der Waals surface area contributed by atoms with Crippen LogP contribution >= 0.6 is 23.2 Å². The Morgan fingerprint density at radius 1 is 1.29 bits per heavy atom. The number of halogens is 2. The molecule has 0 aliphatic heterocycles. The number of hydrogen-bond donors (Lipinski definition) is 2. The first-order valence-corrected chi connectivity index (χ1v) is 7.07. The van der Waals surface area contributed by atoms with Crippen molar-refractivity contribution in [3.63, 3.8) is 0 Å². The molecule has 8 heteroatoms. The van der Waals surface area contributed by atoms with Crippen LogP contribution in [0.4, 0.5) is 5.69 Å². The highest BCUT2D eigenvalue weighted by Crippen LogP contribution is 2.38. The minimum Gasteiger partial charge on any atom is -0.434 e. The molecule has 1 fully saturated rings. The molecular weight excluding hydrogens is 315 g/mol. The number of nitrogens with two attached hydrogens (primary N) is 1. The van der Waals surface area contributed by atoms with Crippen LogP contribution in [0.1, 0.15) is 18.9 Å². The van der Waals surface area contributed by atoms with Crippen molar-refractivity contribution in [1.29, 1.82) is 0 Å². The average Bonchev–Trinajstić information content (AvgIpc) is 3.28. The largest absolute Gasteiger partial charge is 0.434 e. The quantitative estimate of drug-likeness (QED) is 0.666. The van der Waals surface area contributed by atoms with Crippen LogP contribution < -0.4 is 21.6 Å². The molecule has 0 radical (unpaired) electrons. The molecule has 3 N–H and O–H groups in total. The van der Waals surface area contributed by atoms with E-state index in [-0.39, 0.29) is 23.2 Å². The highest BCUT2D eigenvalue weighted by atomic mass is 35.5. The second-order valence-electron chi connectivity index (χ2n) is 4.70. The molecule has 1 aliphatic carbocycles. The van der Waals surface area contributed by atoms with Gasteiger partial charge in [-0.3, -0.25) is 10.6 Å². The Kier molecular flexibility index (Phi) is 3.75. The molecule has 6 nitrogen and oxygen atoms in total. The molecular formula is C13H12Cl2N4O2. The van der Waals surface area contributed by atoms with Gasteiger partial charge in [-0.15, -0.1) is 5.10 Å². The summed E-state index contributed by atoms with van der Waals surface area (Å²) >= 11 is 12.2. The van der Waals surface area contributed by atoms with Crippen molar-refractivity contribution in [3.8, 4) is 11.6 Å². The van der Waals surface area contributed by atoms with Crippen molar-refractivity contribution in [2.24, 2.45) is 5.84 Å². The predicted molar refractivity (Wildman–Crippen MR) is 81.1 cm³/mol. The van der Waals surface area contributed by atoms with Crippen LogP contribution in [0.5, 0.6) is 11.6 Å². The third-order valence-corrected chi connectivity index (χ3v) is 3.63. The Hall–Kier alpha value is -1.76. The fourth-order valence-electron chi connectivity index (χ4n) is 1.89. The third-order valence-electron chi connectivity index (χ3n) is 3.06. The highest BCUT2D eigenvalue weighted by molar-refractivity contribution is 6.37. The monoisotopic (exact) mass is 326 g/mol. The van der Waals surface area contributed by atoms with Crippen molar-refractivity contribution in [2.75, 3.05) is 5.43 Å². The zero-order valence-electron chi connectivity index (χ0n) is 10.8. The predicted octanol–water partition coefficient (Wildman–Crippen LogP) is 2.96. The maximum Gasteiger partial charge on any atom is 0.267 e. The van der Waals surface area contributed by atoms with Gasteiger partial charge in [-0.1, -0.05) is 23.2 Å². The Morgan fingerprint density at radius 3 is 2.52 bits per heavy atom. The summed E-state index contributed by atoms with van der Waals surface area (Å²) in [6, 6.07) is 6.23. The fourth-order valence-corrected chi connectivity index (χ4v) is 2.45. The van der Waals surface area contributed by atoms with E-state index in [1.54, 1.807) is 12.1 Å². The molecule has 1 saturated carbocycles. The second-order valence-corrected chi connectivity index (χ2v) is 5.52. The number of rotatable bonds is 4. The fraction of sp³-hybridized carbons (Fsp3) is 0.231. The van der Waals surface area contributed by atoms with E-state index in [0.717, 1.165) is 12.8 Å². The molecule has 0 spiro atoms. The van der Waals surface area contributed by atoms with E-state index in [0.29, 0.717) is 15.7 Å². The zero-order valence-corrected chi connectivity index (χ0v) is 12.4. The lowest BCUT2D eigenvalue weighted by Crippen LogP contribution is -2.20. The molecule has 110 valence electrons. The third kappa shape index (κ3) is 2.97. The Bertz CT molecular complexity index is 720. The van der Waals surface area contributed by atoms with Crippen molar-refractivity contribution in [1.82, 2.24) is 9.78 Å². The normalized spacial score (nSPS) is 14.0. The summed E-state index contributed by atoms with van der Waals surface area (Å²) < 4.78 is 7.03. The van der Waals surface area contributed by atoms with Crippen LogP contribution in [0.25, 0.3) is 0 Å². The van der Waals surface area contributed by atoms with E-state index in [4.69, 9.17) is 33.8 Å². The Labute approximate surface area is 130 Å². The molecule has 3 rings (SSSR count). The second kappa shape index (κ2) is 5.55. The van der Waals surface area contributed by atoms with E-state index in [2.05, 4.69) is 10.5 Å². The van der Waals surface area contributed by atoms with E-state index >= 15 is 0 Å². The van der Waals surface area contributed by atoms with Gasteiger partial charge < -0.3 is 10.2 Å². The number of ether oxygens (including phenoxy) is 1. The lowest BCUT2D eigenvalue weighted by Gasteiger charge is -2.11. The van der Waals surface area contributed by atoms with Crippen LogP contribution in [-0.2, 0) is 0 Å². The van der Waals surface area contributed by atoms with Crippen LogP contribution in [0.3, 0.4) is 0 Å². The number of hydrogen-bond acceptors (Lipinski definition) is 5. The van der Waals surface area contributed by atoms with Gasteiger partial charge >= 0.3 is 0 Å². The average molecular weight is 327 g/mol. The number of anilines is 1. The summed E-state index contributed by atoms with van der Waals surface area (Å²) in [5.74, 6) is 5.84. The van der Waals surface area contributed by atoms with Crippen molar-refractivity contribution >= 4 is 28.9 Å². The lowest BCUT2D eigenvalue weighted by molar-refractivity contribution is 0.430. The van der Waals surface area contributed by atoms with E-state index in [9.17, 15) is 4.79 Å². The molecule has 0 amide bonds. The molecule has 1 heterocycles. The van der Waals surface area contributed by atoms with Gasteiger partial charge in [0.15, 0.2) is 5.75 Å². The number of benzene rings is 1. The molecule has 0 saturated heterocycles. The van der Waals surface area contributed by atoms with E-state index in [1.807, 2.05) is 0 Å². The van der Waals surface area contributed by atoms with Gasteiger partial charge in [-0.05, 0) is 25.0 Å².